The number of carbonyl (C=O) groups is 4. The number of likely N-dealkylation sites (tertiary alicyclic amines) is 1. The fourth-order valence-electron chi connectivity index (χ4n) is 5.54. The summed E-state index contributed by atoms with van der Waals surface area (Å²) in [5.41, 5.74) is 1.69. The van der Waals surface area contributed by atoms with Gasteiger partial charge in [-0.2, -0.15) is 0 Å². The van der Waals surface area contributed by atoms with E-state index in [0.29, 0.717) is 42.1 Å². The smallest absolute Gasteiger partial charge is 0.343 e. The van der Waals surface area contributed by atoms with E-state index >= 15 is 0 Å². The molecule has 1 aliphatic rings. The highest BCUT2D eigenvalue weighted by Gasteiger charge is 2.23. The predicted octanol–water partition coefficient (Wildman–Crippen LogP) is 6.11. The van der Waals surface area contributed by atoms with Gasteiger partial charge in [-0.25, -0.2) is 9.59 Å². The van der Waals surface area contributed by atoms with Gasteiger partial charge in [-0.15, -0.1) is 0 Å². The van der Waals surface area contributed by atoms with E-state index < -0.39 is 23.9 Å². The van der Waals surface area contributed by atoms with Crippen LogP contribution in [0.1, 0.15) is 84.6 Å². The Balaban J connectivity index is 1.28. The first-order valence-corrected chi connectivity index (χ1v) is 17.0. The summed E-state index contributed by atoms with van der Waals surface area (Å²) >= 11 is 0. The fraction of sp³-hybridized carbons (Fsp3) is 0.421. The number of esters is 1. The van der Waals surface area contributed by atoms with Crippen LogP contribution in [0, 0.1) is 0 Å². The average molecular weight is 674 g/mol. The zero-order valence-corrected chi connectivity index (χ0v) is 28.4. The molecule has 1 fully saturated rings. The lowest BCUT2D eigenvalue weighted by Gasteiger charge is -2.17. The van der Waals surface area contributed by atoms with Gasteiger partial charge in [0, 0.05) is 30.6 Å². The summed E-state index contributed by atoms with van der Waals surface area (Å²) in [5.74, 6) is -1.38. The quantitative estimate of drug-likeness (QED) is 0.0780. The van der Waals surface area contributed by atoms with E-state index in [-0.39, 0.29) is 29.4 Å². The number of carboxylic acid groups (broad SMARTS) is 1. The third-order valence-corrected chi connectivity index (χ3v) is 8.37. The lowest BCUT2D eigenvalue weighted by molar-refractivity contribution is -0.139. The summed E-state index contributed by atoms with van der Waals surface area (Å²) in [4.78, 5) is 52.4. The van der Waals surface area contributed by atoms with Crippen molar-refractivity contribution < 1.29 is 38.5 Å². The van der Waals surface area contributed by atoms with Crippen molar-refractivity contribution in [1.29, 1.82) is 0 Å². The Hall–Kier alpha value is -4.90. The Kier molecular flexibility index (Phi) is 14.5. The third-order valence-electron chi connectivity index (χ3n) is 8.37. The Morgan fingerprint density at radius 2 is 1.55 bits per heavy atom. The highest BCUT2D eigenvalue weighted by atomic mass is 16.6. The van der Waals surface area contributed by atoms with Crippen LogP contribution in [-0.2, 0) is 16.0 Å². The van der Waals surface area contributed by atoms with Crippen LogP contribution in [0.2, 0.25) is 0 Å². The van der Waals surface area contributed by atoms with Gasteiger partial charge in [0.15, 0.2) is 11.5 Å². The molecular formula is C38H47N3O8. The van der Waals surface area contributed by atoms with Gasteiger partial charge >= 0.3 is 11.9 Å². The Morgan fingerprint density at radius 3 is 2.22 bits per heavy atom. The van der Waals surface area contributed by atoms with Gasteiger partial charge in [0.1, 0.15) is 11.8 Å². The van der Waals surface area contributed by atoms with Crippen LogP contribution in [-0.4, -0.2) is 73.2 Å². The van der Waals surface area contributed by atoms with Crippen LogP contribution in [0.4, 0.5) is 5.69 Å². The van der Waals surface area contributed by atoms with E-state index in [0.717, 1.165) is 38.8 Å². The summed E-state index contributed by atoms with van der Waals surface area (Å²) in [6.07, 6.45) is 8.40. The monoisotopic (exact) mass is 673 g/mol. The topological polar surface area (TPSA) is 143 Å². The second kappa shape index (κ2) is 19.2. The summed E-state index contributed by atoms with van der Waals surface area (Å²) in [6, 6.07) is 16.5. The van der Waals surface area contributed by atoms with E-state index in [1.54, 1.807) is 48.5 Å². The number of aliphatic carboxylic acids is 1. The molecule has 0 spiro atoms. The maximum atomic E-state index is 12.9. The van der Waals surface area contributed by atoms with E-state index in [4.69, 9.17) is 14.2 Å². The molecule has 1 aliphatic heterocycles. The van der Waals surface area contributed by atoms with E-state index in [9.17, 15) is 24.3 Å². The highest BCUT2D eigenvalue weighted by Crippen LogP contribution is 2.30. The minimum Gasteiger partial charge on any atom is -0.494 e. The number of hydrogen-bond donors (Lipinski definition) is 3. The molecule has 1 atom stereocenters. The van der Waals surface area contributed by atoms with Crippen molar-refractivity contribution in [1.82, 2.24) is 10.2 Å². The van der Waals surface area contributed by atoms with Crippen molar-refractivity contribution in [3.05, 3.63) is 83.4 Å². The summed E-state index contributed by atoms with van der Waals surface area (Å²) < 4.78 is 16.8. The third kappa shape index (κ3) is 11.9. The SMILES string of the molecule is CCCCCCCOc1ccc(C(=O)Oc2ccc(CC(NC(=O)c3ccc(NC(=O)CCN4CCCC4)cc3)C(=O)O)cc2OC)cc1. The van der Waals surface area contributed by atoms with Crippen LogP contribution in [0.3, 0.4) is 0 Å². The van der Waals surface area contributed by atoms with Crippen LogP contribution in [0.15, 0.2) is 66.7 Å². The lowest BCUT2D eigenvalue weighted by Crippen LogP contribution is -2.42. The van der Waals surface area contributed by atoms with E-state index in [2.05, 4.69) is 22.5 Å². The molecule has 3 aromatic rings. The van der Waals surface area contributed by atoms with Gasteiger partial charge in [0.2, 0.25) is 5.91 Å². The molecule has 1 saturated heterocycles. The molecule has 11 heteroatoms. The number of rotatable bonds is 19. The standard InChI is InChI=1S/C38H47N3O8/c1-3-4-5-6-9-24-48-31-17-13-29(14-18-31)38(46)49-33-19-10-27(26-34(33)47-2)25-32(37(44)45)40-36(43)28-11-15-30(16-12-28)39-35(42)20-23-41-21-7-8-22-41/h10-19,26,32H,3-9,20-25H2,1-2H3,(H,39,42)(H,40,43)(H,44,45). The van der Waals surface area contributed by atoms with Crippen molar-refractivity contribution >= 4 is 29.4 Å². The van der Waals surface area contributed by atoms with Crippen molar-refractivity contribution in [2.75, 3.05) is 38.7 Å². The maximum Gasteiger partial charge on any atom is 0.343 e. The first-order valence-electron chi connectivity index (χ1n) is 17.0. The molecule has 0 saturated carbocycles. The minimum absolute atomic E-state index is 0.0448. The number of amides is 2. The Bertz CT molecular complexity index is 1540. The van der Waals surface area contributed by atoms with Crippen LogP contribution in [0.25, 0.3) is 0 Å². The molecule has 2 amide bonds. The maximum absolute atomic E-state index is 12.9. The number of methoxy groups -OCH3 is 1. The Labute approximate surface area is 287 Å². The normalized spacial score (nSPS) is 13.3. The number of benzene rings is 3. The first-order chi connectivity index (χ1) is 23.7. The summed E-state index contributed by atoms with van der Waals surface area (Å²) in [5, 5.41) is 15.3. The molecule has 49 heavy (non-hydrogen) atoms. The number of hydrogen-bond acceptors (Lipinski definition) is 8. The molecular weight excluding hydrogens is 626 g/mol. The molecule has 0 aliphatic carbocycles. The largest absolute Gasteiger partial charge is 0.494 e. The molecule has 3 N–H and O–H groups in total. The van der Waals surface area contributed by atoms with Crippen LogP contribution < -0.4 is 24.8 Å². The average Bonchev–Trinajstić information content (AvgIpc) is 3.63. The predicted molar refractivity (Wildman–Crippen MR) is 187 cm³/mol. The van der Waals surface area contributed by atoms with Crippen molar-refractivity contribution in [3.8, 4) is 17.2 Å². The molecule has 0 aromatic heterocycles. The van der Waals surface area contributed by atoms with Crippen LogP contribution in [0.5, 0.6) is 17.2 Å². The minimum atomic E-state index is -1.24. The molecule has 0 radical (unpaired) electrons. The Morgan fingerprint density at radius 1 is 0.857 bits per heavy atom. The van der Waals surface area contributed by atoms with E-state index in [1.165, 1.54) is 44.6 Å². The number of nitrogens with one attached hydrogen (secondary N) is 2. The van der Waals surface area contributed by atoms with Crippen LogP contribution >= 0.6 is 0 Å². The van der Waals surface area contributed by atoms with Gasteiger partial charge < -0.3 is 34.9 Å². The van der Waals surface area contributed by atoms with Crippen molar-refractivity contribution in [3.63, 3.8) is 0 Å². The number of carbonyl (C=O) groups excluding carboxylic acids is 3. The number of anilines is 1. The second-order valence-electron chi connectivity index (χ2n) is 12.2. The first kappa shape index (κ1) is 36.9. The number of ether oxygens (including phenoxy) is 3. The fourth-order valence-corrected chi connectivity index (χ4v) is 5.54. The zero-order valence-electron chi connectivity index (χ0n) is 28.4. The van der Waals surface area contributed by atoms with Gasteiger partial charge in [0.05, 0.1) is 19.3 Å². The zero-order chi connectivity index (χ0) is 35.0. The van der Waals surface area contributed by atoms with Gasteiger partial charge in [-0.3, -0.25) is 9.59 Å². The second-order valence-corrected chi connectivity index (χ2v) is 12.2. The highest BCUT2D eigenvalue weighted by molar-refractivity contribution is 5.97. The molecule has 3 aromatic carbocycles. The molecule has 262 valence electrons. The number of carboxylic acids is 1. The molecule has 11 nitrogen and oxygen atoms in total. The van der Waals surface area contributed by atoms with Gasteiger partial charge in [-0.1, -0.05) is 38.7 Å². The molecule has 1 unspecified atom stereocenters. The summed E-state index contributed by atoms with van der Waals surface area (Å²) in [6.45, 7) is 5.56. The van der Waals surface area contributed by atoms with Crippen molar-refractivity contribution in [2.24, 2.45) is 0 Å². The molecule has 0 bridgehead atoms. The number of unbranched alkanes of at least 4 members (excludes halogenated alkanes) is 4. The molecule has 4 rings (SSSR count). The summed E-state index contributed by atoms with van der Waals surface area (Å²) in [7, 11) is 1.42. The van der Waals surface area contributed by atoms with Gasteiger partial charge in [-0.05, 0) is 98.6 Å². The van der Waals surface area contributed by atoms with Gasteiger partial charge in [0.25, 0.3) is 5.91 Å². The number of nitrogens with zero attached hydrogens (tertiary/aromatic N) is 1. The van der Waals surface area contributed by atoms with Crippen molar-refractivity contribution in [2.45, 2.75) is 70.8 Å². The molecule has 1 heterocycles. The lowest BCUT2D eigenvalue weighted by atomic mass is 10.0. The van der Waals surface area contributed by atoms with E-state index in [1.807, 2.05) is 0 Å².